The van der Waals surface area contributed by atoms with Gasteiger partial charge in [-0.2, -0.15) is 0 Å². The number of hydrogen-bond acceptors (Lipinski definition) is 4. The van der Waals surface area contributed by atoms with Crippen molar-refractivity contribution in [3.05, 3.63) is 41.6 Å². The Morgan fingerprint density at radius 3 is 2.50 bits per heavy atom. The first-order valence-electron chi connectivity index (χ1n) is 4.37. The molecule has 0 saturated heterocycles. The number of nitrogens with two attached hydrogens (primary N) is 1. The molecule has 0 saturated carbocycles. The summed E-state index contributed by atoms with van der Waals surface area (Å²) in [5.74, 6) is 1.22. The highest BCUT2D eigenvalue weighted by molar-refractivity contribution is 5.39. The van der Waals surface area contributed by atoms with Gasteiger partial charge >= 0.3 is 0 Å². The number of aryl methyl sites for hydroxylation is 1. The van der Waals surface area contributed by atoms with E-state index in [4.69, 9.17) is 10.2 Å². The molecule has 0 aliphatic rings. The molecule has 72 valence electrons. The van der Waals surface area contributed by atoms with Gasteiger partial charge < -0.3 is 10.2 Å². The van der Waals surface area contributed by atoms with Crippen LogP contribution in [0.25, 0.3) is 0 Å². The van der Waals surface area contributed by atoms with E-state index in [1.54, 1.807) is 6.92 Å². The lowest BCUT2D eigenvalue weighted by Gasteiger charge is -1.97. The highest BCUT2D eigenvalue weighted by atomic mass is 16.4. The van der Waals surface area contributed by atoms with Crippen molar-refractivity contribution in [2.24, 2.45) is 0 Å². The minimum Gasteiger partial charge on any atom is -0.425 e. The van der Waals surface area contributed by atoms with Crippen LogP contribution in [0.1, 0.15) is 17.3 Å². The lowest BCUT2D eigenvalue weighted by molar-refractivity contribution is 0.477. The largest absolute Gasteiger partial charge is 0.425 e. The van der Waals surface area contributed by atoms with Crippen molar-refractivity contribution in [3.63, 3.8) is 0 Å². The van der Waals surface area contributed by atoms with E-state index >= 15 is 0 Å². The molecule has 0 spiro atoms. The first kappa shape index (κ1) is 8.74. The van der Waals surface area contributed by atoms with Crippen molar-refractivity contribution >= 4 is 5.69 Å². The molecule has 0 bridgehead atoms. The third kappa shape index (κ3) is 1.90. The Morgan fingerprint density at radius 2 is 1.93 bits per heavy atom. The Kier molecular flexibility index (Phi) is 2.18. The molecule has 0 amide bonds. The predicted octanol–water partition coefficient (Wildman–Crippen LogP) is 1.55. The zero-order valence-electron chi connectivity index (χ0n) is 7.90. The van der Waals surface area contributed by atoms with Gasteiger partial charge in [-0.15, -0.1) is 10.2 Å². The molecule has 2 N–H and O–H groups in total. The van der Waals surface area contributed by atoms with Crippen LogP contribution in [-0.2, 0) is 6.42 Å². The lowest BCUT2D eigenvalue weighted by Crippen LogP contribution is -1.89. The van der Waals surface area contributed by atoms with E-state index < -0.39 is 0 Å². The number of hydrogen-bond donors (Lipinski definition) is 1. The molecule has 0 aliphatic heterocycles. The molecular formula is C10H11N3O. The smallest absolute Gasteiger partial charge is 0.220 e. The highest BCUT2D eigenvalue weighted by Crippen LogP contribution is 2.10. The fraction of sp³-hybridized carbons (Fsp3) is 0.200. The topological polar surface area (TPSA) is 64.9 Å². The summed E-state index contributed by atoms with van der Waals surface area (Å²) in [6.07, 6.45) is 0.654. The molecule has 14 heavy (non-hydrogen) atoms. The molecule has 0 radical (unpaired) electrons. The first-order valence-corrected chi connectivity index (χ1v) is 4.37. The molecular weight excluding hydrogens is 178 g/mol. The maximum Gasteiger partial charge on any atom is 0.220 e. The summed E-state index contributed by atoms with van der Waals surface area (Å²) >= 11 is 0. The van der Waals surface area contributed by atoms with Gasteiger partial charge in [-0.1, -0.05) is 12.1 Å². The van der Waals surface area contributed by atoms with E-state index in [0.717, 1.165) is 11.3 Å². The summed E-state index contributed by atoms with van der Waals surface area (Å²) in [5, 5.41) is 7.67. The summed E-state index contributed by atoms with van der Waals surface area (Å²) < 4.78 is 5.26. The standard InChI is InChI=1S/C10H11N3O/c1-7-12-13-10(14-7)6-8-2-4-9(11)5-3-8/h2-5H,6,11H2,1H3. The molecule has 0 fully saturated rings. The second kappa shape index (κ2) is 3.49. The highest BCUT2D eigenvalue weighted by Gasteiger charge is 2.02. The number of benzene rings is 1. The van der Waals surface area contributed by atoms with Crippen molar-refractivity contribution in [1.29, 1.82) is 0 Å². The zero-order chi connectivity index (χ0) is 9.97. The van der Waals surface area contributed by atoms with Crippen molar-refractivity contribution in [2.75, 3.05) is 5.73 Å². The minimum atomic E-state index is 0.593. The van der Waals surface area contributed by atoms with Crippen LogP contribution in [0.3, 0.4) is 0 Å². The van der Waals surface area contributed by atoms with Crippen LogP contribution in [-0.4, -0.2) is 10.2 Å². The average Bonchev–Trinajstić information content (AvgIpc) is 2.56. The third-order valence-corrected chi connectivity index (χ3v) is 1.90. The van der Waals surface area contributed by atoms with Crippen molar-refractivity contribution < 1.29 is 4.42 Å². The van der Waals surface area contributed by atoms with E-state index in [-0.39, 0.29) is 0 Å². The molecule has 2 aromatic rings. The van der Waals surface area contributed by atoms with Gasteiger partial charge in [0.2, 0.25) is 11.8 Å². The third-order valence-electron chi connectivity index (χ3n) is 1.90. The maximum atomic E-state index is 5.57. The van der Waals surface area contributed by atoms with E-state index in [1.807, 2.05) is 24.3 Å². The van der Waals surface area contributed by atoms with Gasteiger partial charge in [0, 0.05) is 12.6 Å². The monoisotopic (exact) mass is 189 g/mol. The number of nitrogen functional groups attached to an aromatic ring is 1. The second-order valence-electron chi connectivity index (χ2n) is 3.13. The van der Waals surface area contributed by atoms with Crippen LogP contribution in [0.2, 0.25) is 0 Å². The van der Waals surface area contributed by atoms with Crippen molar-refractivity contribution in [1.82, 2.24) is 10.2 Å². The van der Waals surface area contributed by atoms with Crippen molar-refractivity contribution in [3.8, 4) is 0 Å². The van der Waals surface area contributed by atoms with Crippen LogP contribution in [0.4, 0.5) is 5.69 Å². The average molecular weight is 189 g/mol. The van der Waals surface area contributed by atoms with E-state index in [0.29, 0.717) is 18.2 Å². The fourth-order valence-corrected chi connectivity index (χ4v) is 1.22. The molecule has 0 unspecified atom stereocenters. The van der Waals surface area contributed by atoms with Gasteiger partial charge in [-0.05, 0) is 17.7 Å². The number of aromatic nitrogens is 2. The Hall–Kier alpha value is -1.84. The summed E-state index contributed by atoms with van der Waals surface area (Å²) in [6.45, 7) is 1.78. The van der Waals surface area contributed by atoms with Gasteiger partial charge in [-0.3, -0.25) is 0 Å². The van der Waals surface area contributed by atoms with Gasteiger partial charge in [0.05, 0.1) is 6.42 Å². The van der Waals surface area contributed by atoms with Crippen LogP contribution in [0.15, 0.2) is 28.7 Å². The first-order chi connectivity index (χ1) is 6.74. The number of nitrogens with zero attached hydrogens (tertiary/aromatic N) is 2. The van der Waals surface area contributed by atoms with Crippen molar-refractivity contribution in [2.45, 2.75) is 13.3 Å². The molecule has 0 atom stereocenters. The van der Waals surface area contributed by atoms with E-state index in [9.17, 15) is 0 Å². The summed E-state index contributed by atoms with van der Waals surface area (Å²) in [6, 6.07) is 7.63. The number of rotatable bonds is 2. The molecule has 1 aromatic carbocycles. The van der Waals surface area contributed by atoms with E-state index in [2.05, 4.69) is 10.2 Å². The van der Waals surface area contributed by atoms with Gasteiger partial charge in [-0.25, -0.2) is 0 Å². The molecule has 2 rings (SSSR count). The lowest BCUT2D eigenvalue weighted by atomic mass is 10.1. The van der Waals surface area contributed by atoms with Gasteiger partial charge in [0.25, 0.3) is 0 Å². The Balaban J connectivity index is 2.15. The maximum absolute atomic E-state index is 5.57. The normalized spacial score (nSPS) is 10.4. The van der Waals surface area contributed by atoms with Crippen LogP contribution in [0.5, 0.6) is 0 Å². The zero-order valence-corrected chi connectivity index (χ0v) is 7.90. The fourth-order valence-electron chi connectivity index (χ4n) is 1.22. The van der Waals surface area contributed by atoms with Crippen LogP contribution >= 0.6 is 0 Å². The second-order valence-corrected chi connectivity index (χ2v) is 3.13. The summed E-state index contributed by atoms with van der Waals surface area (Å²) in [4.78, 5) is 0. The molecule has 1 aromatic heterocycles. The van der Waals surface area contributed by atoms with Crippen LogP contribution < -0.4 is 5.73 Å². The van der Waals surface area contributed by atoms with Crippen LogP contribution in [0, 0.1) is 6.92 Å². The molecule has 1 heterocycles. The molecule has 4 nitrogen and oxygen atoms in total. The Labute approximate surface area is 81.8 Å². The summed E-state index contributed by atoms with van der Waals surface area (Å²) in [7, 11) is 0. The quantitative estimate of drug-likeness (QED) is 0.728. The Morgan fingerprint density at radius 1 is 1.21 bits per heavy atom. The SMILES string of the molecule is Cc1nnc(Cc2ccc(N)cc2)o1. The predicted molar refractivity (Wildman–Crippen MR) is 52.7 cm³/mol. The summed E-state index contributed by atoms with van der Waals surface area (Å²) in [5.41, 5.74) is 7.45. The molecule has 4 heteroatoms. The Bertz CT molecular complexity index is 419. The van der Waals surface area contributed by atoms with Gasteiger partial charge in [0.15, 0.2) is 0 Å². The number of anilines is 1. The van der Waals surface area contributed by atoms with Gasteiger partial charge in [0.1, 0.15) is 0 Å². The van der Waals surface area contributed by atoms with E-state index in [1.165, 1.54) is 0 Å². The minimum absolute atomic E-state index is 0.593. The molecule has 0 aliphatic carbocycles.